The fourth-order valence-electron chi connectivity index (χ4n) is 1.23. The van der Waals surface area contributed by atoms with Crippen molar-refractivity contribution < 1.29 is 0 Å². The summed E-state index contributed by atoms with van der Waals surface area (Å²) in [5, 5.41) is 8.46. The molecule has 1 aromatic heterocycles. The molecule has 0 fully saturated rings. The van der Waals surface area contributed by atoms with Crippen LogP contribution in [-0.4, -0.2) is 14.8 Å². The molecule has 0 saturated carbocycles. The van der Waals surface area contributed by atoms with Crippen molar-refractivity contribution >= 4 is 45.8 Å². The molecule has 2 aromatic rings. The van der Waals surface area contributed by atoms with E-state index in [4.69, 9.17) is 23.2 Å². The molecule has 0 N–H and O–H groups in total. The zero-order chi connectivity index (χ0) is 10.8. The smallest absolute Gasteiger partial charge is 0.152 e. The number of nitrogens with zero attached hydrogens (tertiary/aromatic N) is 3. The molecule has 1 aromatic carbocycles. The second-order valence-electron chi connectivity index (χ2n) is 2.85. The average Bonchev–Trinajstić information content (AvgIpc) is 2.65. The van der Waals surface area contributed by atoms with E-state index in [1.54, 1.807) is 6.33 Å². The molecular weight excluding hydrogens is 348 g/mol. The molecule has 0 amide bonds. The van der Waals surface area contributed by atoms with Gasteiger partial charge in [0, 0.05) is 8.59 Å². The second kappa shape index (κ2) is 4.67. The van der Waals surface area contributed by atoms with Gasteiger partial charge in [-0.1, -0.05) is 11.6 Å². The van der Waals surface area contributed by atoms with Crippen LogP contribution < -0.4 is 0 Å². The van der Waals surface area contributed by atoms with E-state index in [2.05, 4.69) is 32.8 Å². The highest BCUT2D eigenvalue weighted by atomic mass is 127. The largest absolute Gasteiger partial charge is 0.284 e. The third-order valence-electron chi connectivity index (χ3n) is 1.91. The van der Waals surface area contributed by atoms with Gasteiger partial charge in [0.15, 0.2) is 5.82 Å². The Morgan fingerprint density at radius 3 is 2.87 bits per heavy atom. The van der Waals surface area contributed by atoms with E-state index in [9.17, 15) is 0 Å². The molecule has 0 saturated heterocycles. The molecule has 0 aliphatic rings. The first kappa shape index (κ1) is 11.2. The maximum atomic E-state index is 5.88. The van der Waals surface area contributed by atoms with E-state index in [1.165, 1.54) is 0 Å². The molecule has 0 aliphatic carbocycles. The number of rotatable bonds is 2. The summed E-state index contributed by atoms with van der Waals surface area (Å²) in [5.41, 5.74) is 0.987. The molecule has 15 heavy (non-hydrogen) atoms. The van der Waals surface area contributed by atoms with Crippen molar-refractivity contribution in [3.63, 3.8) is 0 Å². The topological polar surface area (TPSA) is 30.7 Å². The van der Waals surface area contributed by atoms with Gasteiger partial charge >= 0.3 is 0 Å². The van der Waals surface area contributed by atoms with Crippen molar-refractivity contribution in [2.24, 2.45) is 0 Å². The Hall–Kier alpha value is -0.330. The van der Waals surface area contributed by atoms with Gasteiger partial charge in [0.1, 0.15) is 6.33 Å². The maximum Gasteiger partial charge on any atom is 0.152 e. The molecule has 0 radical (unpaired) electrons. The van der Waals surface area contributed by atoms with Gasteiger partial charge in [-0.15, -0.1) is 21.8 Å². The molecule has 6 heteroatoms. The quantitative estimate of drug-likeness (QED) is 0.612. The first-order valence-electron chi connectivity index (χ1n) is 4.12. The Morgan fingerprint density at radius 2 is 2.20 bits per heavy atom. The molecule has 0 unspecified atom stereocenters. The van der Waals surface area contributed by atoms with Crippen molar-refractivity contribution in [3.05, 3.63) is 38.9 Å². The summed E-state index contributed by atoms with van der Waals surface area (Å²) in [6, 6.07) is 5.63. The number of halogens is 3. The first-order chi connectivity index (χ1) is 7.22. The molecule has 0 aliphatic heterocycles. The Morgan fingerprint density at radius 1 is 1.40 bits per heavy atom. The number of hydrogen-bond donors (Lipinski definition) is 0. The zero-order valence-corrected chi connectivity index (χ0v) is 11.2. The van der Waals surface area contributed by atoms with Crippen LogP contribution in [0, 0.1) is 3.57 Å². The van der Waals surface area contributed by atoms with Gasteiger partial charge in [0.25, 0.3) is 0 Å². The van der Waals surface area contributed by atoms with Crippen molar-refractivity contribution in [2.75, 3.05) is 0 Å². The summed E-state index contributed by atoms with van der Waals surface area (Å²) < 4.78 is 2.89. The number of alkyl halides is 1. The summed E-state index contributed by atoms with van der Waals surface area (Å²) in [4.78, 5) is 0. The van der Waals surface area contributed by atoms with Crippen LogP contribution in [0.5, 0.6) is 0 Å². The Kier molecular flexibility index (Phi) is 3.48. The summed E-state index contributed by atoms with van der Waals surface area (Å²) in [6.07, 6.45) is 1.64. The maximum absolute atomic E-state index is 5.88. The van der Waals surface area contributed by atoms with Gasteiger partial charge in [-0.2, -0.15) is 0 Å². The van der Waals surface area contributed by atoms with Crippen LogP contribution in [0.1, 0.15) is 5.82 Å². The van der Waals surface area contributed by atoms with Gasteiger partial charge in [0.05, 0.1) is 11.6 Å². The number of benzene rings is 1. The molecule has 78 valence electrons. The van der Waals surface area contributed by atoms with Crippen molar-refractivity contribution in [1.82, 2.24) is 14.8 Å². The minimum Gasteiger partial charge on any atom is -0.284 e. The van der Waals surface area contributed by atoms with Gasteiger partial charge in [0.2, 0.25) is 0 Å². The third-order valence-corrected chi connectivity index (χ3v) is 3.25. The third kappa shape index (κ3) is 2.26. The standard InChI is InChI=1S/C9H6Cl2IN3/c10-4-9-14-13-5-15(9)8-2-1-6(11)3-7(8)12/h1-3,5H,4H2. The summed E-state index contributed by atoms with van der Waals surface area (Å²) in [5.74, 6) is 1.05. The average molecular weight is 354 g/mol. The monoisotopic (exact) mass is 353 g/mol. The predicted octanol–water partition coefficient (Wildman–Crippen LogP) is 3.26. The van der Waals surface area contributed by atoms with Gasteiger partial charge in [-0.05, 0) is 40.8 Å². The van der Waals surface area contributed by atoms with Crippen LogP contribution >= 0.6 is 45.8 Å². The lowest BCUT2D eigenvalue weighted by molar-refractivity contribution is 0.947. The Bertz CT molecular complexity index is 484. The lowest BCUT2D eigenvalue weighted by Crippen LogP contribution is -2.00. The molecule has 2 rings (SSSR count). The highest BCUT2D eigenvalue weighted by Gasteiger charge is 2.08. The number of aromatic nitrogens is 3. The van der Waals surface area contributed by atoms with Crippen LogP contribution in [0.25, 0.3) is 5.69 Å². The second-order valence-corrected chi connectivity index (χ2v) is 4.71. The van der Waals surface area contributed by atoms with Crippen LogP contribution in [0.15, 0.2) is 24.5 Å². The summed E-state index contributed by atoms with van der Waals surface area (Å²) in [7, 11) is 0. The fourth-order valence-corrected chi connectivity index (χ4v) is 2.54. The minimum atomic E-state index is 0.332. The molecule has 0 atom stereocenters. The molecule has 0 bridgehead atoms. The summed E-state index contributed by atoms with van der Waals surface area (Å²) in [6.45, 7) is 0. The molecule has 0 spiro atoms. The molecular formula is C9H6Cl2IN3. The van der Waals surface area contributed by atoms with Crippen LogP contribution in [0.3, 0.4) is 0 Å². The first-order valence-corrected chi connectivity index (χ1v) is 6.12. The SMILES string of the molecule is ClCc1nncn1-c1ccc(Cl)cc1I. The van der Waals surface area contributed by atoms with E-state index >= 15 is 0 Å². The van der Waals surface area contributed by atoms with E-state index in [-0.39, 0.29) is 0 Å². The Balaban J connectivity index is 2.54. The minimum absolute atomic E-state index is 0.332. The fraction of sp³-hybridized carbons (Fsp3) is 0.111. The van der Waals surface area contributed by atoms with E-state index in [1.807, 2.05) is 22.8 Å². The van der Waals surface area contributed by atoms with Crippen molar-refractivity contribution in [2.45, 2.75) is 5.88 Å². The van der Waals surface area contributed by atoms with E-state index < -0.39 is 0 Å². The normalized spacial score (nSPS) is 10.6. The van der Waals surface area contributed by atoms with Gasteiger partial charge in [-0.3, -0.25) is 4.57 Å². The summed E-state index contributed by atoms with van der Waals surface area (Å²) >= 11 is 13.9. The zero-order valence-electron chi connectivity index (χ0n) is 7.49. The van der Waals surface area contributed by atoms with E-state index in [0.29, 0.717) is 10.9 Å². The molecule has 1 heterocycles. The van der Waals surface area contributed by atoms with Crippen molar-refractivity contribution in [3.8, 4) is 5.69 Å². The van der Waals surface area contributed by atoms with E-state index in [0.717, 1.165) is 15.1 Å². The van der Waals surface area contributed by atoms with Crippen LogP contribution in [0.4, 0.5) is 0 Å². The van der Waals surface area contributed by atoms with Crippen molar-refractivity contribution in [1.29, 1.82) is 0 Å². The highest BCUT2D eigenvalue weighted by molar-refractivity contribution is 14.1. The predicted molar refractivity (Wildman–Crippen MR) is 68.6 cm³/mol. The lowest BCUT2D eigenvalue weighted by Gasteiger charge is -2.07. The number of hydrogen-bond acceptors (Lipinski definition) is 2. The lowest BCUT2D eigenvalue weighted by atomic mass is 10.3. The molecule has 3 nitrogen and oxygen atoms in total. The van der Waals surface area contributed by atoms with Gasteiger partial charge < -0.3 is 0 Å². The van der Waals surface area contributed by atoms with Crippen LogP contribution in [0.2, 0.25) is 5.02 Å². The van der Waals surface area contributed by atoms with Crippen LogP contribution in [-0.2, 0) is 5.88 Å². The Labute approximate surface area is 111 Å². The highest BCUT2D eigenvalue weighted by Crippen LogP contribution is 2.22. The van der Waals surface area contributed by atoms with Gasteiger partial charge in [-0.25, -0.2) is 0 Å².